The van der Waals surface area contributed by atoms with Gasteiger partial charge in [-0.2, -0.15) is 13.2 Å². The number of amides is 2. The molecule has 14 heteroatoms. The zero-order chi connectivity index (χ0) is 33.7. The van der Waals surface area contributed by atoms with Gasteiger partial charge in [-0.15, -0.1) is 0 Å². The van der Waals surface area contributed by atoms with Gasteiger partial charge < -0.3 is 16.0 Å². The van der Waals surface area contributed by atoms with Crippen molar-refractivity contribution in [3.63, 3.8) is 0 Å². The third-order valence-corrected chi connectivity index (χ3v) is 7.41. The largest absolute Gasteiger partial charge is 0.416 e. The van der Waals surface area contributed by atoms with E-state index in [1.807, 2.05) is 57.1 Å². The van der Waals surface area contributed by atoms with Crippen LogP contribution >= 0.6 is 0 Å². The van der Waals surface area contributed by atoms with Gasteiger partial charge in [-0.3, -0.25) is 24.0 Å². The fourth-order valence-corrected chi connectivity index (χ4v) is 4.63. The first-order chi connectivity index (χ1) is 22.4. The molecular formula is C33H32F3N9O2. The Morgan fingerprint density at radius 2 is 1.72 bits per heavy atom. The highest BCUT2D eigenvalue weighted by atomic mass is 19.4. The summed E-state index contributed by atoms with van der Waals surface area (Å²) in [6.45, 7) is 3.79. The van der Waals surface area contributed by atoms with Crippen molar-refractivity contribution in [1.82, 2.24) is 24.4 Å². The van der Waals surface area contributed by atoms with E-state index in [2.05, 4.69) is 30.9 Å². The molecule has 0 fully saturated rings. The molecule has 0 bridgehead atoms. The number of anilines is 6. The van der Waals surface area contributed by atoms with Crippen molar-refractivity contribution in [3.05, 3.63) is 108 Å². The second-order valence-electron chi connectivity index (χ2n) is 10.9. The highest BCUT2D eigenvalue weighted by Gasteiger charge is 2.31. The van der Waals surface area contributed by atoms with Gasteiger partial charge in [0.2, 0.25) is 12.4 Å². The molecule has 1 atom stereocenters. The summed E-state index contributed by atoms with van der Waals surface area (Å²) in [6.07, 6.45) is 0.795. The van der Waals surface area contributed by atoms with Gasteiger partial charge in [0, 0.05) is 46.8 Å². The molecule has 0 aliphatic rings. The van der Waals surface area contributed by atoms with Gasteiger partial charge in [-0.05, 0) is 82.0 Å². The first kappa shape index (κ1) is 32.6. The highest BCUT2D eigenvalue weighted by Crippen LogP contribution is 2.30. The van der Waals surface area contributed by atoms with E-state index in [4.69, 9.17) is 0 Å². The van der Waals surface area contributed by atoms with E-state index in [9.17, 15) is 22.8 Å². The molecule has 5 rings (SSSR count). The number of benzene rings is 3. The van der Waals surface area contributed by atoms with Crippen LogP contribution in [-0.2, 0) is 11.0 Å². The molecule has 11 nitrogen and oxygen atoms in total. The number of aryl methyl sites for hydroxylation is 1. The normalized spacial score (nSPS) is 12.0. The van der Waals surface area contributed by atoms with Crippen molar-refractivity contribution in [1.29, 1.82) is 0 Å². The molecule has 5 aromatic rings. The van der Waals surface area contributed by atoms with Crippen molar-refractivity contribution in [2.75, 3.05) is 34.9 Å². The van der Waals surface area contributed by atoms with E-state index < -0.39 is 17.6 Å². The Kier molecular flexibility index (Phi) is 9.51. The third kappa shape index (κ3) is 7.73. The molecule has 2 aromatic heterocycles. The number of halogens is 3. The van der Waals surface area contributed by atoms with Crippen LogP contribution in [0.2, 0.25) is 0 Å². The Labute approximate surface area is 269 Å². The second kappa shape index (κ2) is 13.7. The number of imidazole rings is 1. The van der Waals surface area contributed by atoms with Crippen LogP contribution in [0, 0.1) is 6.92 Å². The fraction of sp³-hybridized carbons (Fsp3) is 0.182. The molecule has 1 unspecified atom stereocenters. The molecule has 0 saturated carbocycles. The quantitative estimate of drug-likeness (QED) is 0.109. The van der Waals surface area contributed by atoms with E-state index in [1.165, 1.54) is 18.5 Å². The van der Waals surface area contributed by atoms with Gasteiger partial charge in [0.1, 0.15) is 18.0 Å². The molecule has 0 aliphatic heterocycles. The second-order valence-corrected chi connectivity index (χ2v) is 10.9. The predicted octanol–water partition coefficient (Wildman–Crippen LogP) is 6.60. The van der Waals surface area contributed by atoms with Gasteiger partial charge >= 0.3 is 6.18 Å². The standard InChI is InChI=1S/C33H32F3N9O2/c1-21-11-12-26(41-31(47)23-7-5-8-24(15-23)33(34,35)36)17-28(21)42-32-37-13-14-44(32)30-18-29(38-19-39-30)40-25-9-6-10-27(16-25)45(20-46)22(2)43(3)4/h5-20,22H,1-4H3,(H,37,42)(H,41,47)(H,38,39,40). The molecule has 2 amide bonds. The first-order valence-corrected chi connectivity index (χ1v) is 14.4. The average Bonchev–Trinajstić information content (AvgIpc) is 3.51. The van der Waals surface area contributed by atoms with Crippen LogP contribution in [0.5, 0.6) is 0 Å². The number of rotatable bonds is 11. The van der Waals surface area contributed by atoms with Gasteiger partial charge in [0.05, 0.1) is 11.7 Å². The lowest BCUT2D eigenvalue weighted by Gasteiger charge is -2.30. The smallest absolute Gasteiger partial charge is 0.340 e. The van der Waals surface area contributed by atoms with Gasteiger partial charge in [-0.1, -0.05) is 18.2 Å². The Morgan fingerprint density at radius 3 is 2.47 bits per heavy atom. The first-order valence-electron chi connectivity index (χ1n) is 14.4. The number of hydrogen-bond donors (Lipinski definition) is 3. The summed E-state index contributed by atoms with van der Waals surface area (Å²) in [4.78, 5) is 41.3. The van der Waals surface area contributed by atoms with E-state index in [-0.39, 0.29) is 11.7 Å². The maximum absolute atomic E-state index is 13.1. The average molecular weight is 644 g/mol. The molecule has 3 N–H and O–H groups in total. The lowest BCUT2D eigenvalue weighted by Crippen LogP contribution is -2.42. The summed E-state index contributed by atoms with van der Waals surface area (Å²) in [5.41, 5.74) is 2.22. The van der Waals surface area contributed by atoms with E-state index in [0.717, 1.165) is 24.1 Å². The Morgan fingerprint density at radius 1 is 0.936 bits per heavy atom. The third-order valence-electron chi connectivity index (χ3n) is 7.41. The number of carbonyl (C=O) groups excluding carboxylic acids is 2. The zero-order valence-electron chi connectivity index (χ0n) is 25.9. The molecule has 0 aliphatic carbocycles. The van der Waals surface area contributed by atoms with Gasteiger partial charge in [0.15, 0.2) is 0 Å². The number of carbonyl (C=O) groups is 2. The maximum atomic E-state index is 13.1. The lowest BCUT2D eigenvalue weighted by molar-refractivity contribution is -0.137. The van der Waals surface area contributed by atoms with E-state index in [1.54, 1.807) is 46.1 Å². The number of nitrogens with zero attached hydrogens (tertiary/aromatic N) is 6. The summed E-state index contributed by atoms with van der Waals surface area (Å²) < 4.78 is 41.1. The maximum Gasteiger partial charge on any atom is 0.416 e. The molecular weight excluding hydrogens is 611 g/mol. The summed E-state index contributed by atoms with van der Waals surface area (Å²) in [7, 11) is 3.79. The van der Waals surface area contributed by atoms with Crippen molar-refractivity contribution < 1.29 is 22.8 Å². The topological polar surface area (TPSA) is 120 Å². The van der Waals surface area contributed by atoms with Crippen LogP contribution in [0.4, 0.5) is 47.7 Å². The number of alkyl halides is 3. The number of hydrogen-bond acceptors (Lipinski definition) is 8. The molecule has 0 spiro atoms. The van der Waals surface area contributed by atoms with E-state index in [0.29, 0.717) is 40.3 Å². The lowest BCUT2D eigenvalue weighted by atomic mass is 10.1. The molecule has 2 heterocycles. The zero-order valence-corrected chi connectivity index (χ0v) is 25.9. The van der Waals surface area contributed by atoms with Crippen LogP contribution in [0.1, 0.15) is 28.4 Å². The van der Waals surface area contributed by atoms with Gasteiger partial charge in [-0.25, -0.2) is 15.0 Å². The number of aromatic nitrogens is 4. The van der Waals surface area contributed by atoms with E-state index >= 15 is 0 Å². The minimum atomic E-state index is -4.56. The predicted molar refractivity (Wildman–Crippen MR) is 174 cm³/mol. The van der Waals surface area contributed by atoms with Crippen LogP contribution in [0.25, 0.3) is 5.82 Å². The molecule has 3 aromatic carbocycles. The Hall–Kier alpha value is -5.76. The molecule has 47 heavy (non-hydrogen) atoms. The monoisotopic (exact) mass is 643 g/mol. The van der Waals surface area contributed by atoms with Crippen LogP contribution in [-0.4, -0.2) is 57.0 Å². The summed E-state index contributed by atoms with van der Waals surface area (Å²) in [6, 6.07) is 18.5. The van der Waals surface area contributed by atoms with Crippen LogP contribution < -0.4 is 20.9 Å². The van der Waals surface area contributed by atoms with Crippen molar-refractivity contribution >= 4 is 46.8 Å². The minimum Gasteiger partial charge on any atom is -0.340 e. The summed E-state index contributed by atoms with van der Waals surface area (Å²) >= 11 is 0. The molecule has 0 radical (unpaired) electrons. The molecule has 0 saturated heterocycles. The van der Waals surface area contributed by atoms with Crippen molar-refractivity contribution in [2.24, 2.45) is 0 Å². The van der Waals surface area contributed by atoms with Crippen molar-refractivity contribution in [2.45, 2.75) is 26.2 Å². The van der Waals surface area contributed by atoms with Gasteiger partial charge in [0.25, 0.3) is 5.91 Å². The van der Waals surface area contributed by atoms with Crippen LogP contribution in [0.15, 0.2) is 91.5 Å². The van der Waals surface area contributed by atoms with Crippen molar-refractivity contribution in [3.8, 4) is 5.82 Å². The number of nitrogens with one attached hydrogen (secondary N) is 3. The fourth-order valence-electron chi connectivity index (χ4n) is 4.63. The SMILES string of the molecule is Cc1ccc(NC(=O)c2cccc(C(F)(F)F)c2)cc1Nc1nccn1-c1cc(Nc2cccc(N(C=O)C(C)N(C)C)c2)ncn1. The summed E-state index contributed by atoms with van der Waals surface area (Å²) in [5.74, 6) is 0.743. The molecule has 242 valence electrons. The Balaban J connectivity index is 1.33. The van der Waals surface area contributed by atoms with Crippen LogP contribution in [0.3, 0.4) is 0 Å². The minimum absolute atomic E-state index is 0.116. The highest BCUT2D eigenvalue weighted by molar-refractivity contribution is 6.04. The summed E-state index contributed by atoms with van der Waals surface area (Å²) in [5, 5.41) is 9.16. The Bertz CT molecular complexity index is 1890.